The number of nitrogens with one attached hydrogen (secondary N) is 2. The lowest BCUT2D eigenvalue weighted by atomic mass is 10.1. The second kappa shape index (κ2) is 8.17. The number of amides is 1. The van der Waals surface area contributed by atoms with Gasteiger partial charge in [0.2, 0.25) is 21.7 Å². The molecule has 3 aromatic rings. The van der Waals surface area contributed by atoms with Gasteiger partial charge < -0.3 is 9.84 Å². The number of hydrogen-bond donors (Lipinski definition) is 2. The van der Waals surface area contributed by atoms with Crippen molar-refractivity contribution in [2.75, 3.05) is 5.32 Å². The molecule has 2 aromatic carbocycles. The van der Waals surface area contributed by atoms with E-state index in [0.29, 0.717) is 23.0 Å². The van der Waals surface area contributed by atoms with E-state index in [4.69, 9.17) is 16.1 Å². The van der Waals surface area contributed by atoms with Crippen molar-refractivity contribution in [1.82, 2.24) is 14.9 Å². The van der Waals surface area contributed by atoms with Gasteiger partial charge in [-0.2, -0.15) is 4.98 Å². The summed E-state index contributed by atoms with van der Waals surface area (Å²) in [7, 11) is -3.92. The van der Waals surface area contributed by atoms with Crippen LogP contribution in [0.1, 0.15) is 37.0 Å². The summed E-state index contributed by atoms with van der Waals surface area (Å²) >= 11 is 6.10. The van der Waals surface area contributed by atoms with Crippen LogP contribution in [-0.2, 0) is 10.0 Å². The summed E-state index contributed by atoms with van der Waals surface area (Å²) in [4.78, 5) is 16.9. The van der Waals surface area contributed by atoms with Crippen LogP contribution in [0.3, 0.4) is 0 Å². The van der Waals surface area contributed by atoms with Gasteiger partial charge in [-0.3, -0.25) is 4.79 Å². The highest BCUT2D eigenvalue weighted by Crippen LogP contribution is 2.27. The molecule has 30 heavy (non-hydrogen) atoms. The first-order chi connectivity index (χ1) is 14.0. The largest absolute Gasteiger partial charge is 0.339 e. The van der Waals surface area contributed by atoms with Gasteiger partial charge in [0.15, 0.2) is 0 Å². The second-order valence-electron chi connectivity index (χ2n) is 7.64. The van der Waals surface area contributed by atoms with E-state index in [9.17, 15) is 13.2 Å². The van der Waals surface area contributed by atoms with E-state index < -0.39 is 21.5 Å². The highest BCUT2D eigenvalue weighted by Gasteiger charge is 2.25. The van der Waals surface area contributed by atoms with Crippen molar-refractivity contribution in [1.29, 1.82) is 0 Å². The summed E-state index contributed by atoms with van der Waals surface area (Å²) in [6.45, 7) is 6.81. The van der Waals surface area contributed by atoms with E-state index in [1.807, 2.05) is 0 Å². The Hall–Kier alpha value is -2.75. The lowest BCUT2D eigenvalue weighted by Crippen LogP contribution is -2.40. The van der Waals surface area contributed by atoms with Gasteiger partial charge in [-0.25, -0.2) is 13.1 Å². The van der Waals surface area contributed by atoms with E-state index in [1.54, 1.807) is 52.0 Å². The molecule has 0 bridgehead atoms. The van der Waals surface area contributed by atoms with Gasteiger partial charge in [-0.1, -0.05) is 28.9 Å². The summed E-state index contributed by atoms with van der Waals surface area (Å²) in [5.74, 6) is 0.216. The summed E-state index contributed by atoms with van der Waals surface area (Å²) in [5, 5.41) is 6.66. The van der Waals surface area contributed by atoms with E-state index in [0.717, 1.165) is 0 Å². The zero-order valence-electron chi connectivity index (χ0n) is 16.9. The molecule has 0 aliphatic rings. The summed E-state index contributed by atoms with van der Waals surface area (Å²) in [5.41, 5.74) is 0.449. The number of sulfonamides is 1. The van der Waals surface area contributed by atoms with Crippen molar-refractivity contribution in [3.05, 3.63) is 58.9 Å². The van der Waals surface area contributed by atoms with Crippen LogP contribution in [0, 0.1) is 6.92 Å². The molecule has 2 N–H and O–H groups in total. The Morgan fingerprint density at radius 1 is 1.13 bits per heavy atom. The van der Waals surface area contributed by atoms with E-state index in [2.05, 4.69) is 20.2 Å². The maximum Gasteiger partial charge on any atom is 0.255 e. The molecular formula is C20H21ClN4O4S. The minimum Gasteiger partial charge on any atom is -0.339 e. The maximum absolute atomic E-state index is 12.8. The number of anilines is 1. The van der Waals surface area contributed by atoms with Gasteiger partial charge in [0.1, 0.15) is 4.90 Å². The molecule has 0 atom stereocenters. The van der Waals surface area contributed by atoms with Gasteiger partial charge >= 0.3 is 0 Å². The number of carbonyl (C=O) groups is 1. The smallest absolute Gasteiger partial charge is 0.255 e. The molecule has 158 valence electrons. The molecule has 0 unspecified atom stereocenters. The summed E-state index contributed by atoms with van der Waals surface area (Å²) < 4.78 is 32.9. The molecule has 8 nitrogen and oxygen atoms in total. The highest BCUT2D eigenvalue weighted by atomic mass is 35.5. The topological polar surface area (TPSA) is 114 Å². The first-order valence-corrected chi connectivity index (χ1v) is 10.9. The van der Waals surface area contributed by atoms with Crippen LogP contribution in [0.5, 0.6) is 0 Å². The van der Waals surface area contributed by atoms with Crippen molar-refractivity contribution >= 4 is 33.2 Å². The second-order valence-corrected chi connectivity index (χ2v) is 9.70. The number of benzene rings is 2. The standard InChI is InChI=1S/C20H21ClN4O4S/c1-12-22-18(24-29-12)14-7-5-6-8-16(14)23-19(26)13-9-10-15(21)17(11-13)30(27,28)25-20(2,3)4/h5-11,25H,1-4H3,(H,23,26). The minimum atomic E-state index is -3.92. The quantitative estimate of drug-likeness (QED) is 0.609. The molecule has 0 spiro atoms. The number of aromatic nitrogens is 2. The van der Waals surface area contributed by atoms with Crippen LogP contribution >= 0.6 is 11.6 Å². The third-order valence-electron chi connectivity index (χ3n) is 3.87. The number of nitrogens with zero attached hydrogens (tertiary/aromatic N) is 2. The fraction of sp³-hybridized carbons (Fsp3) is 0.250. The van der Waals surface area contributed by atoms with E-state index in [1.165, 1.54) is 18.2 Å². The zero-order valence-corrected chi connectivity index (χ0v) is 18.4. The van der Waals surface area contributed by atoms with Crippen molar-refractivity contribution in [3.63, 3.8) is 0 Å². The van der Waals surface area contributed by atoms with Crippen molar-refractivity contribution in [2.24, 2.45) is 0 Å². The average Bonchev–Trinajstić information content (AvgIpc) is 3.06. The Morgan fingerprint density at radius 3 is 2.47 bits per heavy atom. The third-order valence-corrected chi connectivity index (χ3v) is 6.11. The molecule has 3 rings (SSSR count). The van der Waals surface area contributed by atoms with Crippen LogP contribution in [0.25, 0.3) is 11.4 Å². The van der Waals surface area contributed by atoms with Gasteiger partial charge in [0, 0.05) is 23.6 Å². The van der Waals surface area contributed by atoms with Gasteiger partial charge in [0.25, 0.3) is 5.91 Å². The van der Waals surface area contributed by atoms with E-state index in [-0.39, 0.29) is 15.5 Å². The van der Waals surface area contributed by atoms with Crippen molar-refractivity contribution in [3.8, 4) is 11.4 Å². The Bertz CT molecular complexity index is 1200. The predicted molar refractivity (Wildman–Crippen MR) is 114 cm³/mol. The van der Waals surface area contributed by atoms with Crippen LogP contribution < -0.4 is 10.0 Å². The number of hydrogen-bond acceptors (Lipinski definition) is 6. The minimum absolute atomic E-state index is 0.0194. The molecule has 0 radical (unpaired) electrons. The lowest BCUT2D eigenvalue weighted by molar-refractivity contribution is 0.102. The molecular weight excluding hydrogens is 428 g/mol. The average molecular weight is 449 g/mol. The van der Waals surface area contributed by atoms with Crippen molar-refractivity contribution < 1.29 is 17.7 Å². The van der Waals surface area contributed by atoms with Gasteiger partial charge in [0.05, 0.1) is 10.7 Å². The molecule has 0 aliphatic carbocycles. The molecule has 1 aromatic heterocycles. The fourth-order valence-electron chi connectivity index (χ4n) is 2.70. The molecule has 0 saturated heterocycles. The highest BCUT2D eigenvalue weighted by molar-refractivity contribution is 7.89. The SMILES string of the molecule is Cc1nc(-c2ccccc2NC(=O)c2ccc(Cl)c(S(=O)(=O)NC(C)(C)C)c2)no1. The van der Waals surface area contributed by atoms with E-state index >= 15 is 0 Å². The van der Waals surface area contributed by atoms with Crippen LogP contribution in [-0.4, -0.2) is 30.0 Å². The summed E-state index contributed by atoms with van der Waals surface area (Å²) in [6, 6.07) is 11.0. The molecule has 0 aliphatic heterocycles. The van der Waals surface area contributed by atoms with Gasteiger partial charge in [-0.15, -0.1) is 0 Å². The molecule has 10 heteroatoms. The van der Waals surface area contributed by atoms with Gasteiger partial charge in [-0.05, 0) is 51.1 Å². The normalized spacial score (nSPS) is 12.0. The number of aryl methyl sites for hydroxylation is 1. The number of halogens is 1. The molecule has 1 heterocycles. The Morgan fingerprint density at radius 2 is 1.83 bits per heavy atom. The molecule has 0 fully saturated rings. The Balaban J connectivity index is 1.93. The fourth-order valence-corrected chi connectivity index (χ4v) is 4.64. The molecule has 0 saturated carbocycles. The van der Waals surface area contributed by atoms with Crippen LogP contribution in [0.2, 0.25) is 5.02 Å². The van der Waals surface area contributed by atoms with Crippen LogP contribution in [0.15, 0.2) is 51.9 Å². The predicted octanol–water partition coefficient (Wildman–Crippen LogP) is 4.03. The first-order valence-electron chi connectivity index (χ1n) is 9.01. The monoisotopic (exact) mass is 448 g/mol. The lowest BCUT2D eigenvalue weighted by Gasteiger charge is -2.21. The Labute approximate surface area is 179 Å². The maximum atomic E-state index is 12.8. The first kappa shape index (κ1) is 21.9. The third kappa shape index (κ3) is 5.05. The van der Waals surface area contributed by atoms with Crippen LogP contribution in [0.4, 0.5) is 5.69 Å². The van der Waals surface area contributed by atoms with Crippen molar-refractivity contribution in [2.45, 2.75) is 38.1 Å². The Kier molecular flexibility index (Phi) is 5.98. The number of rotatable bonds is 5. The summed E-state index contributed by atoms with van der Waals surface area (Å²) in [6.07, 6.45) is 0. The molecule has 1 amide bonds. The number of carbonyl (C=O) groups excluding carboxylic acids is 1. The zero-order chi connectivity index (χ0) is 22.1. The number of para-hydroxylation sites is 1.